The van der Waals surface area contributed by atoms with Crippen LogP contribution in [0, 0.1) is 0 Å². The molecule has 104 valence electrons. The molecule has 0 fully saturated rings. The summed E-state index contributed by atoms with van der Waals surface area (Å²) >= 11 is 7.22. The number of nitrogens with one attached hydrogen (secondary N) is 1. The molecule has 0 aliphatic carbocycles. The van der Waals surface area contributed by atoms with E-state index in [2.05, 4.69) is 69.9 Å². The molecule has 0 saturated heterocycles. The van der Waals surface area contributed by atoms with Crippen LogP contribution < -0.4 is 5.32 Å². The third-order valence-corrected chi connectivity index (χ3v) is 5.97. The summed E-state index contributed by atoms with van der Waals surface area (Å²) < 4.78 is 2.55. The normalized spacial score (nSPS) is 12.9. The number of benzene rings is 1. The summed E-state index contributed by atoms with van der Waals surface area (Å²) in [5.41, 5.74) is 1.40. The first kappa shape index (κ1) is 14.3. The molecule has 0 amide bonds. The number of rotatable bonds is 5. The predicted octanol–water partition coefficient (Wildman–Crippen LogP) is 5.81. The summed E-state index contributed by atoms with van der Waals surface area (Å²) in [7, 11) is 0. The van der Waals surface area contributed by atoms with Gasteiger partial charge in [0.25, 0.3) is 0 Å². The lowest BCUT2D eigenvalue weighted by molar-refractivity contribution is 0.610. The van der Waals surface area contributed by atoms with Crippen molar-refractivity contribution < 1.29 is 0 Å². The van der Waals surface area contributed by atoms with Gasteiger partial charge in [-0.1, -0.05) is 25.1 Å². The van der Waals surface area contributed by atoms with Crippen molar-refractivity contribution >= 4 is 48.7 Å². The number of fused-ring (bicyclic) bond motifs is 1. The quantitative estimate of drug-likeness (QED) is 0.600. The van der Waals surface area contributed by atoms with E-state index in [-0.39, 0.29) is 0 Å². The van der Waals surface area contributed by atoms with Crippen LogP contribution in [0.4, 0.5) is 0 Å². The van der Waals surface area contributed by atoms with E-state index in [4.69, 9.17) is 0 Å². The van der Waals surface area contributed by atoms with Crippen molar-refractivity contribution in [3.8, 4) is 0 Å². The molecule has 3 rings (SSSR count). The number of hydrogen-bond acceptors (Lipinski definition) is 3. The zero-order valence-electron chi connectivity index (χ0n) is 11.2. The molecule has 2 aromatic heterocycles. The van der Waals surface area contributed by atoms with Crippen LogP contribution in [-0.2, 0) is 0 Å². The lowest BCUT2D eigenvalue weighted by Crippen LogP contribution is -2.22. The van der Waals surface area contributed by atoms with E-state index in [1.165, 1.54) is 24.3 Å². The van der Waals surface area contributed by atoms with E-state index >= 15 is 0 Å². The lowest BCUT2D eigenvalue weighted by atomic mass is 10.0. The molecule has 1 aromatic carbocycles. The van der Waals surface area contributed by atoms with Gasteiger partial charge in [0.05, 0.1) is 9.83 Å². The van der Waals surface area contributed by atoms with E-state index in [9.17, 15) is 0 Å². The van der Waals surface area contributed by atoms with Crippen LogP contribution in [-0.4, -0.2) is 6.54 Å². The molecular formula is C16H16BrNS2. The highest BCUT2D eigenvalue weighted by Crippen LogP contribution is 2.37. The zero-order chi connectivity index (χ0) is 13.9. The van der Waals surface area contributed by atoms with Gasteiger partial charge >= 0.3 is 0 Å². The molecule has 1 N–H and O–H groups in total. The Bertz CT molecular complexity index is 701. The van der Waals surface area contributed by atoms with Crippen LogP contribution in [0.25, 0.3) is 10.1 Å². The average Bonchev–Trinajstić information content (AvgIpc) is 3.07. The monoisotopic (exact) mass is 365 g/mol. The van der Waals surface area contributed by atoms with E-state index in [0.717, 1.165) is 13.0 Å². The Labute approximate surface area is 135 Å². The minimum Gasteiger partial charge on any atom is -0.306 e. The highest BCUT2D eigenvalue weighted by Gasteiger charge is 2.18. The van der Waals surface area contributed by atoms with Crippen LogP contribution in [0.15, 0.2) is 45.6 Å². The topological polar surface area (TPSA) is 12.0 Å². The van der Waals surface area contributed by atoms with Crippen molar-refractivity contribution in [1.82, 2.24) is 5.32 Å². The molecule has 1 unspecified atom stereocenters. The molecule has 0 radical (unpaired) electrons. The molecule has 3 aromatic rings. The van der Waals surface area contributed by atoms with E-state index in [1.807, 2.05) is 22.7 Å². The molecule has 0 saturated carbocycles. The van der Waals surface area contributed by atoms with Gasteiger partial charge < -0.3 is 5.32 Å². The Morgan fingerprint density at radius 3 is 2.80 bits per heavy atom. The fraction of sp³-hybridized carbons (Fsp3) is 0.250. The summed E-state index contributed by atoms with van der Waals surface area (Å²) in [6.45, 7) is 3.24. The summed E-state index contributed by atoms with van der Waals surface area (Å²) in [5.74, 6) is 0. The van der Waals surface area contributed by atoms with Gasteiger partial charge in [0.15, 0.2) is 0 Å². The Balaban J connectivity index is 2.04. The maximum atomic E-state index is 3.69. The Kier molecular flexibility index (Phi) is 4.56. The highest BCUT2D eigenvalue weighted by atomic mass is 79.9. The second-order valence-electron chi connectivity index (χ2n) is 4.72. The minimum absolute atomic E-state index is 0.294. The Morgan fingerprint density at radius 1 is 1.20 bits per heavy atom. The van der Waals surface area contributed by atoms with Gasteiger partial charge in [-0.25, -0.2) is 0 Å². The molecule has 4 heteroatoms. The van der Waals surface area contributed by atoms with E-state index < -0.39 is 0 Å². The summed E-state index contributed by atoms with van der Waals surface area (Å²) in [6.07, 6.45) is 1.14. The van der Waals surface area contributed by atoms with Gasteiger partial charge in [0, 0.05) is 9.58 Å². The third-order valence-electron chi connectivity index (χ3n) is 3.30. The van der Waals surface area contributed by atoms with Crippen molar-refractivity contribution in [2.45, 2.75) is 19.4 Å². The molecule has 0 aliphatic heterocycles. The molecule has 1 nitrogen and oxygen atoms in total. The molecule has 20 heavy (non-hydrogen) atoms. The summed E-state index contributed by atoms with van der Waals surface area (Å²) in [6, 6.07) is 13.3. The average molecular weight is 366 g/mol. The first-order valence-electron chi connectivity index (χ1n) is 6.74. The highest BCUT2D eigenvalue weighted by molar-refractivity contribution is 9.11. The Hall–Kier alpha value is -0.680. The van der Waals surface area contributed by atoms with Gasteiger partial charge in [0.2, 0.25) is 0 Å². The lowest BCUT2D eigenvalue weighted by Gasteiger charge is -2.17. The van der Waals surface area contributed by atoms with Gasteiger partial charge in [-0.3, -0.25) is 0 Å². The molecular weight excluding hydrogens is 350 g/mol. The fourth-order valence-electron chi connectivity index (χ4n) is 2.36. The SMILES string of the molecule is CCCNC(c1ccc(Br)s1)c1csc2ccccc12. The minimum atomic E-state index is 0.294. The second-order valence-corrected chi connectivity index (χ2v) is 8.12. The van der Waals surface area contributed by atoms with Crippen LogP contribution in [0.3, 0.4) is 0 Å². The van der Waals surface area contributed by atoms with Crippen LogP contribution in [0.5, 0.6) is 0 Å². The third kappa shape index (κ3) is 2.84. The van der Waals surface area contributed by atoms with E-state index in [1.54, 1.807) is 0 Å². The van der Waals surface area contributed by atoms with Crippen LogP contribution in [0.2, 0.25) is 0 Å². The molecule has 1 atom stereocenters. The van der Waals surface area contributed by atoms with Crippen LogP contribution in [0.1, 0.15) is 29.8 Å². The van der Waals surface area contributed by atoms with Gasteiger partial charge in [0.1, 0.15) is 0 Å². The first-order chi connectivity index (χ1) is 9.79. The largest absolute Gasteiger partial charge is 0.306 e. The fourth-order valence-corrected chi connectivity index (χ4v) is 4.86. The van der Waals surface area contributed by atoms with Crippen molar-refractivity contribution in [2.24, 2.45) is 0 Å². The van der Waals surface area contributed by atoms with Gasteiger partial charge in [-0.2, -0.15) is 0 Å². The standard InChI is InChI=1S/C16H16BrNS2/c1-2-9-18-16(14-7-8-15(17)20-14)12-10-19-13-6-4-3-5-11(12)13/h3-8,10,16,18H,2,9H2,1H3. The summed E-state index contributed by atoms with van der Waals surface area (Å²) in [4.78, 5) is 1.37. The molecule has 2 heterocycles. The van der Waals surface area contributed by atoms with E-state index in [0.29, 0.717) is 6.04 Å². The first-order valence-corrected chi connectivity index (χ1v) is 9.23. The summed E-state index contributed by atoms with van der Waals surface area (Å²) in [5, 5.41) is 7.36. The maximum Gasteiger partial charge on any atom is 0.0702 e. The van der Waals surface area contributed by atoms with Crippen LogP contribution >= 0.6 is 38.6 Å². The second kappa shape index (κ2) is 6.39. The van der Waals surface area contributed by atoms with Crippen molar-refractivity contribution in [2.75, 3.05) is 6.54 Å². The molecule has 0 aliphatic rings. The number of halogens is 1. The van der Waals surface area contributed by atoms with Crippen molar-refractivity contribution in [3.63, 3.8) is 0 Å². The van der Waals surface area contributed by atoms with Crippen molar-refractivity contribution in [1.29, 1.82) is 0 Å². The molecule has 0 spiro atoms. The Morgan fingerprint density at radius 2 is 2.05 bits per heavy atom. The molecule has 0 bridgehead atoms. The zero-order valence-corrected chi connectivity index (χ0v) is 14.4. The van der Waals surface area contributed by atoms with Gasteiger partial charge in [-0.15, -0.1) is 22.7 Å². The predicted molar refractivity (Wildman–Crippen MR) is 94.0 cm³/mol. The van der Waals surface area contributed by atoms with Gasteiger partial charge in [-0.05, 0) is 63.4 Å². The maximum absolute atomic E-state index is 3.69. The number of hydrogen-bond donors (Lipinski definition) is 1. The van der Waals surface area contributed by atoms with Crippen molar-refractivity contribution in [3.05, 3.63) is 56.0 Å². The smallest absolute Gasteiger partial charge is 0.0702 e. The number of thiophene rings is 2.